The number of hydrogen-bond donors (Lipinski definition) is 1. The lowest BCUT2D eigenvalue weighted by atomic mass is 10.1. The molecule has 1 atom stereocenters. The first-order valence-electron chi connectivity index (χ1n) is 8.00. The van der Waals surface area contributed by atoms with Crippen LogP contribution in [0.3, 0.4) is 0 Å². The molecule has 1 saturated heterocycles. The number of likely N-dealkylation sites (N-methyl/N-ethyl adjacent to an activating group) is 1. The number of nitriles is 1. The van der Waals surface area contributed by atoms with E-state index in [1.54, 1.807) is 12.1 Å². The summed E-state index contributed by atoms with van der Waals surface area (Å²) in [6.45, 7) is 11.8. The molecule has 1 unspecified atom stereocenters. The van der Waals surface area contributed by atoms with Gasteiger partial charge >= 0.3 is 0 Å². The smallest absolute Gasteiger partial charge is 0.147 e. The van der Waals surface area contributed by atoms with E-state index in [0.29, 0.717) is 17.2 Å². The van der Waals surface area contributed by atoms with Crippen LogP contribution in [0.5, 0.6) is 0 Å². The fourth-order valence-electron chi connectivity index (χ4n) is 2.81. The van der Waals surface area contributed by atoms with Crippen molar-refractivity contribution in [2.45, 2.75) is 13.8 Å². The zero-order valence-electron chi connectivity index (χ0n) is 13.5. The fourth-order valence-corrected chi connectivity index (χ4v) is 2.81. The maximum Gasteiger partial charge on any atom is 0.147 e. The van der Waals surface area contributed by atoms with Crippen LogP contribution in [0.1, 0.15) is 19.4 Å². The van der Waals surface area contributed by atoms with Crippen LogP contribution in [0.4, 0.5) is 10.1 Å². The van der Waals surface area contributed by atoms with E-state index in [1.807, 2.05) is 6.07 Å². The van der Waals surface area contributed by atoms with Crippen LogP contribution in [-0.4, -0.2) is 55.6 Å². The third kappa shape index (κ3) is 4.69. The Hall–Kier alpha value is -1.64. The van der Waals surface area contributed by atoms with E-state index in [2.05, 4.69) is 29.0 Å². The molecule has 5 heteroatoms. The van der Waals surface area contributed by atoms with Crippen LogP contribution in [0, 0.1) is 23.1 Å². The van der Waals surface area contributed by atoms with Crippen molar-refractivity contribution < 1.29 is 4.39 Å². The van der Waals surface area contributed by atoms with E-state index in [-0.39, 0.29) is 5.82 Å². The molecular formula is C17H25FN4. The zero-order valence-corrected chi connectivity index (χ0v) is 13.5. The molecule has 1 aromatic carbocycles. The van der Waals surface area contributed by atoms with Crippen LogP contribution in [0.15, 0.2) is 18.2 Å². The molecule has 2 rings (SSSR count). The van der Waals surface area contributed by atoms with Crippen LogP contribution < -0.4 is 5.32 Å². The highest BCUT2D eigenvalue weighted by atomic mass is 19.1. The van der Waals surface area contributed by atoms with Gasteiger partial charge in [-0.15, -0.1) is 0 Å². The van der Waals surface area contributed by atoms with Crippen LogP contribution in [-0.2, 0) is 0 Å². The standard InChI is InChI=1S/C17H25FN4/c1-3-21-6-8-22(9-7-21)13-14(2)12-20-17-5-4-15(11-19)10-16(17)18/h4-5,10,14,20H,3,6-9,12-13H2,1-2H3. The van der Waals surface area contributed by atoms with Gasteiger partial charge in [-0.2, -0.15) is 5.26 Å². The molecule has 1 aromatic rings. The topological polar surface area (TPSA) is 42.3 Å². The fraction of sp³-hybridized carbons (Fsp3) is 0.588. The molecule has 1 fully saturated rings. The molecular weight excluding hydrogens is 279 g/mol. The summed E-state index contributed by atoms with van der Waals surface area (Å²) in [4.78, 5) is 4.94. The van der Waals surface area contributed by atoms with Gasteiger partial charge in [0.2, 0.25) is 0 Å². The van der Waals surface area contributed by atoms with Crippen LogP contribution in [0.2, 0.25) is 0 Å². The maximum atomic E-state index is 13.8. The number of piperazine rings is 1. The minimum atomic E-state index is -0.359. The van der Waals surface area contributed by atoms with Gasteiger partial charge < -0.3 is 15.1 Å². The molecule has 0 radical (unpaired) electrons. The van der Waals surface area contributed by atoms with Crippen molar-refractivity contribution in [2.75, 3.05) is 51.1 Å². The van der Waals surface area contributed by atoms with Gasteiger partial charge in [0.15, 0.2) is 0 Å². The Morgan fingerprint density at radius 3 is 2.55 bits per heavy atom. The Morgan fingerprint density at radius 1 is 1.27 bits per heavy atom. The molecule has 22 heavy (non-hydrogen) atoms. The number of rotatable bonds is 6. The summed E-state index contributed by atoms with van der Waals surface area (Å²) in [6.07, 6.45) is 0. The van der Waals surface area contributed by atoms with Crippen LogP contribution >= 0.6 is 0 Å². The molecule has 0 amide bonds. The number of halogens is 1. The van der Waals surface area contributed by atoms with E-state index in [4.69, 9.17) is 5.26 Å². The lowest BCUT2D eigenvalue weighted by molar-refractivity contribution is 0.126. The second-order valence-corrected chi connectivity index (χ2v) is 6.03. The second-order valence-electron chi connectivity index (χ2n) is 6.03. The molecule has 1 aliphatic heterocycles. The van der Waals surface area contributed by atoms with Crippen molar-refractivity contribution in [3.63, 3.8) is 0 Å². The third-order valence-corrected chi connectivity index (χ3v) is 4.22. The minimum Gasteiger partial charge on any atom is -0.382 e. The Balaban J connectivity index is 1.76. The Kier molecular flexibility index (Phi) is 6.17. The monoisotopic (exact) mass is 304 g/mol. The van der Waals surface area contributed by atoms with E-state index in [9.17, 15) is 4.39 Å². The van der Waals surface area contributed by atoms with Gasteiger partial charge in [-0.05, 0) is 30.7 Å². The van der Waals surface area contributed by atoms with Crippen LogP contribution in [0.25, 0.3) is 0 Å². The summed E-state index contributed by atoms with van der Waals surface area (Å²) in [5.74, 6) is 0.0889. The number of benzene rings is 1. The van der Waals surface area contributed by atoms with Crippen molar-refractivity contribution in [3.8, 4) is 6.07 Å². The Bertz CT molecular complexity index is 518. The highest BCUT2D eigenvalue weighted by molar-refractivity contribution is 5.48. The lowest BCUT2D eigenvalue weighted by Gasteiger charge is -2.35. The quantitative estimate of drug-likeness (QED) is 0.876. The summed E-state index contributed by atoms with van der Waals surface area (Å²) >= 11 is 0. The van der Waals surface area contributed by atoms with Crippen molar-refractivity contribution in [3.05, 3.63) is 29.6 Å². The van der Waals surface area contributed by atoms with E-state index >= 15 is 0 Å². The first-order chi connectivity index (χ1) is 10.6. The second kappa shape index (κ2) is 8.11. The zero-order chi connectivity index (χ0) is 15.9. The van der Waals surface area contributed by atoms with Gasteiger partial charge in [-0.3, -0.25) is 0 Å². The first kappa shape index (κ1) is 16.7. The molecule has 0 spiro atoms. The number of nitrogens with zero attached hydrogens (tertiary/aromatic N) is 3. The predicted octanol–water partition coefficient (Wildman–Crippen LogP) is 2.38. The highest BCUT2D eigenvalue weighted by Crippen LogP contribution is 2.16. The Labute approximate surface area is 132 Å². The van der Waals surface area contributed by atoms with Crippen molar-refractivity contribution >= 4 is 5.69 Å². The molecule has 0 aliphatic carbocycles. The molecule has 1 heterocycles. The van der Waals surface area contributed by atoms with Gasteiger partial charge in [-0.25, -0.2) is 4.39 Å². The first-order valence-corrected chi connectivity index (χ1v) is 8.00. The number of anilines is 1. The van der Waals surface area contributed by atoms with Crippen molar-refractivity contribution in [2.24, 2.45) is 5.92 Å². The molecule has 1 N–H and O–H groups in total. The van der Waals surface area contributed by atoms with Gasteiger partial charge in [-0.1, -0.05) is 13.8 Å². The van der Waals surface area contributed by atoms with Gasteiger partial charge in [0.25, 0.3) is 0 Å². The average Bonchev–Trinajstić information content (AvgIpc) is 2.54. The maximum absolute atomic E-state index is 13.8. The lowest BCUT2D eigenvalue weighted by Crippen LogP contribution is -2.47. The minimum absolute atomic E-state index is 0.352. The van der Waals surface area contributed by atoms with Gasteiger partial charge in [0.05, 0.1) is 17.3 Å². The highest BCUT2D eigenvalue weighted by Gasteiger charge is 2.17. The average molecular weight is 304 g/mol. The number of nitrogens with one attached hydrogen (secondary N) is 1. The summed E-state index contributed by atoms with van der Waals surface area (Å²) < 4.78 is 13.8. The molecule has 4 nitrogen and oxygen atoms in total. The van der Waals surface area contributed by atoms with Crippen molar-refractivity contribution in [1.82, 2.24) is 9.80 Å². The van der Waals surface area contributed by atoms with E-state index < -0.39 is 0 Å². The molecule has 120 valence electrons. The summed E-state index contributed by atoms with van der Waals surface area (Å²) in [6, 6.07) is 6.50. The predicted molar refractivity (Wildman–Crippen MR) is 87.3 cm³/mol. The molecule has 0 saturated carbocycles. The SMILES string of the molecule is CCN1CCN(CC(C)CNc2ccc(C#N)cc2F)CC1. The van der Waals surface area contributed by atoms with Gasteiger partial charge in [0.1, 0.15) is 5.82 Å². The number of hydrogen-bond acceptors (Lipinski definition) is 4. The molecule has 0 bridgehead atoms. The summed E-state index contributed by atoms with van der Waals surface area (Å²) in [7, 11) is 0. The van der Waals surface area contributed by atoms with Gasteiger partial charge in [0, 0.05) is 39.3 Å². The largest absolute Gasteiger partial charge is 0.382 e. The Morgan fingerprint density at radius 2 is 1.95 bits per heavy atom. The summed E-state index contributed by atoms with van der Waals surface area (Å²) in [5, 5.41) is 11.9. The van der Waals surface area contributed by atoms with Crippen molar-refractivity contribution in [1.29, 1.82) is 5.26 Å². The third-order valence-electron chi connectivity index (χ3n) is 4.22. The summed E-state index contributed by atoms with van der Waals surface area (Å²) in [5.41, 5.74) is 0.826. The molecule has 1 aliphatic rings. The van der Waals surface area contributed by atoms with E-state index in [1.165, 1.54) is 6.07 Å². The normalized spacial score (nSPS) is 17.9. The molecule has 0 aromatic heterocycles. The van der Waals surface area contributed by atoms with E-state index in [0.717, 1.165) is 45.8 Å².